The van der Waals surface area contributed by atoms with Gasteiger partial charge in [-0.05, 0) is 30.4 Å². The lowest BCUT2D eigenvalue weighted by atomic mass is 10.2. The van der Waals surface area contributed by atoms with Crippen molar-refractivity contribution < 1.29 is 5.11 Å². The zero-order valence-corrected chi connectivity index (χ0v) is 9.03. The summed E-state index contributed by atoms with van der Waals surface area (Å²) in [5.41, 5.74) is 1.34. The highest BCUT2D eigenvalue weighted by Crippen LogP contribution is 2.15. The number of aliphatic hydroxyl groups excluding tert-OH is 1. The third-order valence-electron chi connectivity index (χ3n) is 2.23. The van der Waals surface area contributed by atoms with Gasteiger partial charge in [-0.3, -0.25) is 0 Å². The summed E-state index contributed by atoms with van der Waals surface area (Å²) in [5.74, 6) is 0. The van der Waals surface area contributed by atoms with Gasteiger partial charge in [0.25, 0.3) is 0 Å². The molecule has 74 valence electrons. The molecule has 2 nitrogen and oxygen atoms in total. The van der Waals surface area contributed by atoms with Crippen molar-refractivity contribution in [3.63, 3.8) is 0 Å². The lowest BCUT2D eigenvalue weighted by Gasteiger charge is -2.13. The van der Waals surface area contributed by atoms with Gasteiger partial charge in [0.2, 0.25) is 0 Å². The summed E-state index contributed by atoms with van der Waals surface area (Å²) in [6.07, 6.45) is 0.973. The summed E-state index contributed by atoms with van der Waals surface area (Å²) >= 11 is 1.77. The van der Waals surface area contributed by atoms with Gasteiger partial charge in [0.1, 0.15) is 0 Å². The molecule has 1 rings (SSSR count). The molecule has 0 aromatic carbocycles. The summed E-state index contributed by atoms with van der Waals surface area (Å²) < 4.78 is 0. The molecule has 1 heterocycles. The van der Waals surface area contributed by atoms with E-state index in [1.807, 2.05) is 0 Å². The zero-order valence-electron chi connectivity index (χ0n) is 8.21. The second-order valence-corrected chi connectivity index (χ2v) is 4.20. The molecule has 0 unspecified atom stereocenters. The van der Waals surface area contributed by atoms with Gasteiger partial charge in [0.15, 0.2) is 0 Å². The quantitative estimate of drug-likeness (QED) is 0.759. The molecule has 0 saturated heterocycles. The zero-order chi connectivity index (χ0) is 9.68. The van der Waals surface area contributed by atoms with E-state index in [4.69, 9.17) is 5.11 Å². The van der Waals surface area contributed by atoms with E-state index in [2.05, 4.69) is 30.6 Å². The SMILES string of the molecule is CC[C@H](CO)NCc1sccc1C. The number of hydrogen-bond acceptors (Lipinski definition) is 3. The van der Waals surface area contributed by atoms with Crippen LogP contribution in [0, 0.1) is 6.92 Å². The van der Waals surface area contributed by atoms with Crippen molar-refractivity contribution in [2.24, 2.45) is 0 Å². The molecule has 0 fully saturated rings. The largest absolute Gasteiger partial charge is 0.395 e. The van der Waals surface area contributed by atoms with E-state index in [0.29, 0.717) is 0 Å². The molecule has 1 aromatic heterocycles. The van der Waals surface area contributed by atoms with E-state index in [0.717, 1.165) is 13.0 Å². The first-order valence-electron chi connectivity index (χ1n) is 4.65. The molecule has 0 aliphatic heterocycles. The number of thiophene rings is 1. The Morgan fingerprint density at radius 2 is 2.38 bits per heavy atom. The van der Waals surface area contributed by atoms with Gasteiger partial charge in [0, 0.05) is 17.5 Å². The number of hydrogen-bond donors (Lipinski definition) is 2. The van der Waals surface area contributed by atoms with Crippen molar-refractivity contribution in [1.82, 2.24) is 5.32 Å². The number of aliphatic hydroxyl groups is 1. The number of aryl methyl sites for hydroxylation is 1. The van der Waals surface area contributed by atoms with Crippen LogP contribution in [0.4, 0.5) is 0 Å². The molecular formula is C10H17NOS. The molecule has 0 bridgehead atoms. The Balaban J connectivity index is 2.38. The molecule has 1 atom stereocenters. The second-order valence-electron chi connectivity index (χ2n) is 3.20. The maximum atomic E-state index is 8.96. The van der Waals surface area contributed by atoms with E-state index >= 15 is 0 Å². The molecule has 1 aromatic rings. The lowest BCUT2D eigenvalue weighted by Crippen LogP contribution is -2.31. The van der Waals surface area contributed by atoms with E-state index in [1.54, 1.807) is 11.3 Å². The molecule has 0 aliphatic rings. The predicted octanol–water partition coefficient (Wildman–Crippen LogP) is 1.92. The minimum Gasteiger partial charge on any atom is -0.395 e. The first kappa shape index (κ1) is 10.7. The van der Waals surface area contributed by atoms with Gasteiger partial charge in [-0.2, -0.15) is 0 Å². The molecule has 0 saturated carbocycles. The fourth-order valence-electron chi connectivity index (χ4n) is 1.16. The molecule has 0 amide bonds. The monoisotopic (exact) mass is 199 g/mol. The molecule has 3 heteroatoms. The van der Waals surface area contributed by atoms with Crippen molar-refractivity contribution >= 4 is 11.3 Å². The van der Waals surface area contributed by atoms with Crippen molar-refractivity contribution in [2.45, 2.75) is 32.9 Å². The number of nitrogens with one attached hydrogen (secondary N) is 1. The maximum Gasteiger partial charge on any atom is 0.0584 e. The van der Waals surface area contributed by atoms with Gasteiger partial charge in [-0.15, -0.1) is 11.3 Å². The fourth-order valence-corrected chi connectivity index (χ4v) is 2.02. The van der Waals surface area contributed by atoms with Gasteiger partial charge in [-0.1, -0.05) is 6.92 Å². The van der Waals surface area contributed by atoms with Crippen LogP contribution < -0.4 is 5.32 Å². The van der Waals surface area contributed by atoms with Crippen LogP contribution in [0.2, 0.25) is 0 Å². The summed E-state index contributed by atoms with van der Waals surface area (Å²) in [6, 6.07) is 2.36. The van der Waals surface area contributed by atoms with Crippen molar-refractivity contribution in [2.75, 3.05) is 6.61 Å². The average Bonchev–Trinajstić information content (AvgIpc) is 2.54. The molecule has 13 heavy (non-hydrogen) atoms. The summed E-state index contributed by atoms with van der Waals surface area (Å²) in [5, 5.41) is 14.4. The summed E-state index contributed by atoms with van der Waals surface area (Å²) in [4.78, 5) is 1.37. The predicted molar refractivity (Wildman–Crippen MR) is 57.1 cm³/mol. The molecule has 0 spiro atoms. The normalized spacial score (nSPS) is 13.2. The first-order valence-corrected chi connectivity index (χ1v) is 5.53. The van der Waals surface area contributed by atoms with Crippen molar-refractivity contribution in [3.8, 4) is 0 Å². The summed E-state index contributed by atoms with van der Waals surface area (Å²) in [7, 11) is 0. The molecule has 2 N–H and O–H groups in total. The van der Waals surface area contributed by atoms with Gasteiger partial charge >= 0.3 is 0 Å². The third-order valence-corrected chi connectivity index (χ3v) is 3.26. The maximum absolute atomic E-state index is 8.96. The van der Waals surface area contributed by atoms with Crippen LogP contribution in [0.1, 0.15) is 23.8 Å². The van der Waals surface area contributed by atoms with Gasteiger partial charge in [-0.25, -0.2) is 0 Å². The van der Waals surface area contributed by atoms with E-state index < -0.39 is 0 Å². The van der Waals surface area contributed by atoms with Crippen LogP contribution in [-0.2, 0) is 6.54 Å². The highest BCUT2D eigenvalue weighted by Gasteiger charge is 2.05. The topological polar surface area (TPSA) is 32.3 Å². The molecule has 0 aliphatic carbocycles. The molecule has 0 radical (unpaired) electrons. The van der Waals surface area contributed by atoms with Gasteiger partial charge < -0.3 is 10.4 Å². The number of rotatable bonds is 5. The van der Waals surface area contributed by atoms with Crippen LogP contribution in [0.5, 0.6) is 0 Å². The first-order chi connectivity index (χ1) is 6.27. The van der Waals surface area contributed by atoms with Crippen LogP contribution >= 0.6 is 11.3 Å². The Labute approximate surface area is 83.6 Å². The lowest BCUT2D eigenvalue weighted by molar-refractivity contribution is 0.238. The van der Waals surface area contributed by atoms with E-state index in [9.17, 15) is 0 Å². The highest BCUT2D eigenvalue weighted by molar-refractivity contribution is 7.10. The van der Waals surface area contributed by atoms with E-state index in [1.165, 1.54) is 10.4 Å². The summed E-state index contributed by atoms with van der Waals surface area (Å²) in [6.45, 7) is 5.30. The van der Waals surface area contributed by atoms with Crippen LogP contribution in [-0.4, -0.2) is 17.8 Å². The Morgan fingerprint density at radius 3 is 2.85 bits per heavy atom. The van der Waals surface area contributed by atoms with Crippen molar-refractivity contribution in [3.05, 3.63) is 21.9 Å². The van der Waals surface area contributed by atoms with Crippen LogP contribution in [0.3, 0.4) is 0 Å². The second kappa shape index (κ2) is 5.37. The average molecular weight is 199 g/mol. The van der Waals surface area contributed by atoms with Crippen molar-refractivity contribution in [1.29, 1.82) is 0 Å². The van der Waals surface area contributed by atoms with E-state index in [-0.39, 0.29) is 12.6 Å². The van der Waals surface area contributed by atoms with Gasteiger partial charge in [0.05, 0.1) is 6.61 Å². The third kappa shape index (κ3) is 3.10. The fraction of sp³-hybridized carbons (Fsp3) is 0.600. The van der Waals surface area contributed by atoms with Crippen LogP contribution in [0.25, 0.3) is 0 Å². The Hall–Kier alpha value is -0.380. The Morgan fingerprint density at radius 1 is 1.62 bits per heavy atom. The van der Waals surface area contributed by atoms with Crippen LogP contribution in [0.15, 0.2) is 11.4 Å². The molecular weight excluding hydrogens is 182 g/mol. The Kier molecular flexibility index (Phi) is 4.42. The minimum absolute atomic E-state index is 0.223. The minimum atomic E-state index is 0.223. The Bertz CT molecular complexity index is 243. The smallest absolute Gasteiger partial charge is 0.0584 e. The standard InChI is InChI=1S/C10H17NOS/c1-3-9(7-12)11-6-10-8(2)4-5-13-10/h4-5,9,11-12H,3,6-7H2,1-2H3/t9-/m1/s1. The highest BCUT2D eigenvalue weighted by atomic mass is 32.1.